The molecule has 1 aliphatic carbocycles. The fourth-order valence-corrected chi connectivity index (χ4v) is 4.98. The molecule has 2 heterocycles. The van der Waals surface area contributed by atoms with E-state index in [-0.39, 0.29) is 48.3 Å². The highest BCUT2D eigenvalue weighted by molar-refractivity contribution is 5.77. The molecular formula is C23H31F2N3O3. The maximum absolute atomic E-state index is 13.7. The number of carbonyl (C=O) groups is 2. The second-order valence-electron chi connectivity index (χ2n) is 9.43. The lowest BCUT2D eigenvalue weighted by Gasteiger charge is -2.23. The van der Waals surface area contributed by atoms with Crippen LogP contribution >= 0.6 is 0 Å². The molecule has 170 valence electrons. The highest BCUT2D eigenvalue weighted by Gasteiger charge is 2.51. The molecule has 8 heteroatoms. The summed E-state index contributed by atoms with van der Waals surface area (Å²) in [5.74, 6) is -1.64. The van der Waals surface area contributed by atoms with Crippen molar-refractivity contribution in [2.45, 2.75) is 70.3 Å². The summed E-state index contributed by atoms with van der Waals surface area (Å²) in [6, 6.07) is 4.35. The second-order valence-corrected chi connectivity index (χ2v) is 9.43. The fraction of sp³-hybridized carbons (Fsp3) is 0.652. The summed E-state index contributed by atoms with van der Waals surface area (Å²) in [6.45, 7) is 5.42. The summed E-state index contributed by atoms with van der Waals surface area (Å²) >= 11 is 0. The number of amides is 2. The number of rotatable bonds is 8. The number of fused-ring (bicyclic) bond motifs is 1. The Morgan fingerprint density at radius 2 is 1.94 bits per heavy atom. The lowest BCUT2D eigenvalue weighted by molar-refractivity contribution is -0.124. The Morgan fingerprint density at radius 1 is 1.16 bits per heavy atom. The van der Waals surface area contributed by atoms with Gasteiger partial charge in [0.1, 0.15) is 0 Å². The third-order valence-electron chi connectivity index (χ3n) is 6.43. The number of nitrogens with one attached hydrogen (secondary N) is 2. The van der Waals surface area contributed by atoms with Crippen molar-refractivity contribution in [3.8, 4) is 0 Å². The number of likely N-dealkylation sites (tertiary alicyclic amines) is 1. The number of ether oxygens (including phenoxy) is 1. The van der Waals surface area contributed by atoms with Gasteiger partial charge < -0.3 is 15.4 Å². The average molecular weight is 436 g/mol. The molecule has 0 spiro atoms. The standard InChI is InChI=1S/C23H31F2N3O3/c1-13(2)26-22(30)9-20-23-15(8-21(29)27-16-4-5-16)11-28(19(23)12-31-20)10-14-3-6-17(24)18(25)7-14/h3,6-7,13,15-16,19-20,23H,4-5,8-12H2,1-2H3,(H,26,30)(H,27,29)/t15-,19-,20+,23-/m1/s1. The summed E-state index contributed by atoms with van der Waals surface area (Å²) in [7, 11) is 0. The average Bonchev–Trinajstić information content (AvgIpc) is 3.29. The maximum atomic E-state index is 13.7. The van der Waals surface area contributed by atoms with Crippen molar-refractivity contribution in [2.24, 2.45) is 11.8 Å². The van der Waals surface area contributed by atoms with Crippen LogP contribution in [0.15, 0.2) is 18.2 Å². The van der Waals surface area contributed by atoms with Gasteiger partial charge in [-0.2, -0.15) is 0 Å². The zero-order chi connectivity index (χ0) is 22.1. The van der Waals surface area contributed by atoms with Crippen LogP contribution in [0.3, 0.4) is 0 Å². The summed E-state index contributed by atoms with van der Waals surface area (Å²) in [6.07, 6.45) is 2.46. The highest BCUT2D eigenvalue weighted by Crippen LogP contribution is 2.42. The Balaban J connectivity index is 1.47. The van der Waals surface area contributed by atoms with Crippen LogP contribution in [0.2, 0.25) is 0 Å². The van der Waals surface area contributed by atoms with E-state index in [1.807, 2.05) is 13.8 Å². The third kappa shape index (κ3) is 5.41. The summed E-state index contributed by atoms with van der Waals surface area (Å²) in [4.78, 5) is 27.1. The normalized spacial score (nSPS) is 28.0. The molecule has 3 aliphatic rings. The number of nitrogens with zero attached hydrogens (tertiary/aromatic N) is 1. The lowest BCUT2D eigenvalue weighted by Crippen LogP contribution is -2.37. The van der Waals surface area contributed by atoms with E-state index >= 15 is 0 Å². The molecule has 2 saturated heterocycles. The molecule has 1 aromatic carbocycles. The predicted octanol–water partition coefficient (Wildman–Crippen LogP) is 2.36. The molecule has 3 fully saturated rings. The first kappa shape index (κ1) is 22.1. The molecular weight excluding hydrogens is 404 g/mol. The fourth-order valence-electron chi connectivity index (χ4n) is 4.98. The van der Waals surface area contributed by atoms with Crippen LogP contribution in [0.25, 0.3) is 0 Å². The molecule has 1 aromatic rings. The van der Waals surface area contributed by atoms with Crippen LogP contribution in [0.1, 0.15) is 45.1 Å². The zero-order valence-electron chi connectivity index (χ0n) is 18.1. The number of hydrogen-bond donors (Lipinski definition) is 2. The van der Waals surface area contributed by atoms with Gasteiger partial charge in [-0.25, -0.2) is 8.78 Å². The molecule has 0 bridgehead atoms. The molecule has 0 unspecified atom stereocenters. The first-order chi connectivity index (χ1) is 14.8. The van der Waals surface area contributed by atoms with Gasteiger partial charge in [0.25, 0.3) is 0 Å². The van der Waals surface area contributed by atoms with Gasteiger partial charge in [-0.1, -0.05) is 6.07 Å². The Morgan fingerprint density at radius 3 is 2.61 bits per heavy atom. The number of carbonyl (C=O) groups excluding carboxylic acids is 2. The van der Waals surface area contributed by atoms with Gasteiger partial charge in [-0.05, 0) is 50.3 Å². The van der Waals surface area contributed by atoms with Gasteiger partial charge >= 0.3 is 0 Å². The Bertz CT molecular complexity index is 830. The first-order valence-electron chi connectivity index (χ1n) is 11.2. The van der Waals surface area contributed by atoms with Gasteiger partial charge in [0.2, 0.25) is 11.8 Å². The largest absolute Gasteiger partial charge is 0.376 e. The quantitative estimate of drug-likeness (QED) is 0.658. The summed E-state index contributed by atoms with van der Waals surface area (Å²) in [5, 5.41) is 5.96. The van der Waals surface area contributed by atoms with E-state index in [4.69, 9.17) is 4.74 Å². The Hall–Kier alpha value is -2.06. The summed E-state index contributed by atoms with van der Waals surface area (Å²) in [5.41, 5.74) is 0.682. The third-order valence-corrected chi connectivity index (χ3v) is 6.43. The van der Waals surface area contributed by atoms with Crippen LogP contribution in [0.5, 0.6) is 0 Å². The van der Waals surface area contributed by atoms with Crippen LogP contribution in [0, 0.1) is 23.5 Å². The molecule has 2 amide bonds. The van der Waals surface area contributed by atoms with Crippen LogP contribution in [-0.2, 0) is 20.9 Å². The minimum Gasteiger partial charge on any atom is -0.376 e. The van der Waals surface area contributed by atoms with E-state index in [2.05, 4.69) is 15.5 Å². The van der Waals surface area contributed by atoms with E-state index in [1.165, 1.54) is 6.07 Å². The monoisotopic (exact) mass is 435 g/mol. The molecule has 4 atom stereocenters. The SMILES string of the molecule is CC(C)NC(=O)C[C@@H]1OC[C@@H]2[C@H]1[C@H](CC(=O)NC1CC1)CN2Cc1ccc(F)c(F)c1. The van der Waals surface area contributed by atoms with Gasteiger partial charge in [-0.3, -0.25) is 14.5 Å². The Kier molecular flexibility index (Phi) is 6.57. The molecule has 6 nitrogen and oxygen atoms in total. The predicted molar refractivity (Wildman–Crippen MR) is 111 cm³/mol. The van der Waals surface area contributed by atoms with Crippen molar-refractivity contribution in [1.82, 2.24) is 15.5 Å². The van der Waals surface area contributed by atoms with E-state index in [9.17, 15) is 18.4 Å². The zero-order valence-corrected chi connectivity index (χ0v) is 18.1. The van der Waals surface area contributed by atoms with E-state index < -0.39 is 11.6 Å². The molecule has 2 aliphatic heterocycles. The molecule has 0 radical (unpaired) electrons. The lowest BCUT2D eigenvalue weighted by atomic mass is 9.84. The van der Waals surface area contributed by atoms with Gasteiger partial charge in [0.05, 0.1) is 19.1 Å². The van der Waals surface area contributed by atoms with Crippen LogP contribution in [-0.4, -0.2) is 54.1 Å². The Labute approximate surface area is 181 Å². The topological polar surface area (TPSA) is 70.7 Å². The van der Waals surface area contributed by atoms with Crippen LogP contribution in [0.4, 0.5) is 8.78 Å². The van der Waals surface area contributed by atoms with Crippen molar-refractivity contribution in [3.63, 3.8) is 0 Å². The number of halogens is 2. The molecule has 4 rings (SSSR count). The van der Waals surface area contributed by atoms with Crippen molar-refractivity contribution in [1.29, 1.82) is 0 Å². The van der Waals surface area contributed by atoms with E-state index in [1.54, 1.807) is 6.07 Å². The number of benzene rings is 1. The van der Waals surface area contributed by atoms with Crippen LogP contribution < -0.4 is 10.6 Å². The minimum atomic E-state index is -0.863. The molecule has 31 heavy (non-hydrogen) atoms. The van der Waals surface area contributed by atoms with E-state index in [0.717, 1.165) is 18.9 Å². The molecule has 1 saturated carbocycles. The second kappa shape index (κ2) is 9.20. The minimum absolute atomic E-state index is 0.0400. The first-order valence-corrected chi connectivity index (χ1v) is 11.2. The van der Waals surface area contributed by atoms with Gasteiger partial charge in [0, 0.05) is 43.6 Å². The van der Waals surface area contributed by atoms with E-state index in [0.29, 0.717) is 37.7 Å². The van der Waals surface area contributed by atoms with Crippen molar-refractivity contribution < 1.29 is 23.1 Å². The van der Waals surface area contributed by atoms with Crippen molar-refractivity contribution >= 4 is 11.8 Å². The molecule has 2 N–H and O–H groups in total. The smallest absolute Gasteiger partial charge is 0.222 e. The summed E-state index contributed by atoms with van der Waals surface area (Å²) < 4.78 is 33.0. The highest BCUT2D eigenvalue weighted by atomic mass is 19.2. The number of hydrogen-bond acceptors (Lipinski definition) is 4. The maximum Gasteiger partial charge on any atom is 0.222 e. The van der Waals surface area contributed by atoms with Crippen molar-refractivity contribution in [3.05, 3.63) is 35.4 Å². The van der Waals surface area contributed by atoms with Crippen molar-refractivity contribution in [2.75, 3.05) is 13.2 Å². The van der Waals surface area contributed by atoms with Gasteiger partial charge in [-0.15, -0.1) is 0 Å². The molecule has 0 aromatic heterocycles. The van der Waals surface area contributed by atoms with Gasteiger partial charge in [0.15, 0.2) is 11.6 Å².